The summed E-state index contributed by atoms with van der Waals surface area (Å²) in [6, 6.07) is 15.2. The van der Waals surface area contributed by atoms with Gasteiger partial charge in [0.15, 0.2) is 0 Å². The first-order valence-electron chi connectivity index (χ1n) is 11.4. The van der Waals surface area contributed by atoms with Crippen molar-refractivity contribution in [3.8, 4) is 11.1 Å². The molecule has 1 heterocycles. The van der Waals surface area contributed by atoms with E-state index in [2.05, 4.69) is 41.5 Å². The summed E-state index contributed by atoms with van der Waals surface area (Å²) in [5, 5.41) is 12.9. The Morgan fingerprint density at radius 2 is 1.79 bits per heavy atom. The van der Waals surface area contributed by atoms with Gasteiger partial charge in [-0.3, -0.25) is 14.9 Å². The highest BCUT2D eigenvalue weighted by molar-refractivity contribution is 5.83. The molecule has 0 fully saturated rings. The molecule has 0 aliphatic rings. The zero-order chi connectivity index (χ0) is 24.0. The van der Waals surface area contributed by atoms with Crippen molar-refractivity contribution >= 4 is 11.8 Å². The van der Waals surface area contributed by atoms with Crippen LogP contribution in [0.3, 0.4) is 0 Å². The highest BCUT2D eigenvalue weighted by Gasteiger charge is 2.26. The van der Waals surface area contributed by atoms with Crippen LogP contribution < -0.4 is 5.32 Å². The zero-order valence-corrected chi connectivity index (χ0v) is 19.8. The number of Topliss-reactive ketones (excluding diaryl/α,β-unsaturated/α-hetero) is 1. The van der Waals surface area contributed by atoms with Crippen molar-refractivity contribution in [1.82, 2.24) is 14.9 Å². The summed E-state index contributed by atoms with van der Waals surface area (Å²) in [6.45, 7) is 8.25. The molecule has 0 spiro atoms. The minimum absolute atomic E-state index is 0.0446. The lowest BCUT2D eigenvalue weighted by Crippen LogP contribution is -2.48. The number of carboxylic acids is 1. The molecule has 6 nitrogen and oxygen atoms in total. The third-order valence-corrected chi connectivity index (χ3v) is 5.98. The average Bonchev–Trinajstić information content (AvgIpc) is 3.20. The fourth-order valence-corrected chi connectivity index (χ4v) is 4.12. The second kappa shape index (κ2) is 11.1. The van der Waals surface area contributed by atoms with Crippen molar-refractivity contribution in [3.63, 3.8) is 0 Å². The van der Waals surface area contributed by atoms with Gasteiger partial charge in [-0.05, 0) is 48.4 Å². The fraction of sp³-hybridized carbons (Fsp3) is 0.370. The van der Waals surface area contributed by atoms with Crippen LogP contribution in [0.5, 0.6) is 0 Å². The zero-order valence-electron chi connectivity index (χ0n) is 19.8. The van der Waals surface area contributed by atoms with Crippen molar-refractivity contribution in [2.45, 2.75) is 59.2 Å². The van der Waals surface area contributed by atoms with Crippen LogP contribution in [0, 0.1) is 12.8 Å². The Labute approximate surface area is 195 Å². The molecular weight excluding hydrogens is 414 g/mol. The Balaban J connectivity index is 1.81. The van der Waals surface area contributed by atoms with Crippen molar-refractivity contribution in [2.24, 2.45) is 5.92 Å². The van der Waals surface area contributed by atoms with E-state index in [4.69, 9.17) is 0 Å². The van der Waals surface area contributed by atoms with E-state index < -0.39 is 18.1 Å². The van der Waals surface area contributed by atoms with Crippen molar-refractivity contribution in [3.05, 3.63) is 77.9 Å². The lowest BCUT2D eigenvalue weighted by molar-refractivity contribution is -0.139. The second-order valence-electron chi connectivity index (χ2n) is 9.02. The molecule has 0 aliphatic heterocycles. The van der Waals surface area contributed by atoms with Gasteiger partial charge in [-0.2, -0.15) is 0 Å². The number of benzene rings is 2. The molecule has 1 unspecified atom stereocenters. The maximum atomic E-state index is 12.1. The van der Waals surface area contributed by atoms with E-state index in [1.54, 1.807) is 12.5 Å². The Bertz CT molecular complexity index is 1090. The standard InChI is InChI=1S/C27H33N3O3/c1-18(2)13-25(20(4)31)29-26(27(32)33)14-23-15-28-17-30(23)16-22-11-8-12-24(19(22)3)21-9-6-5-7-10-21/h5-12,15,17-18,25-26,29H,13-14,16H2,1-4H3,(H,32,33)/t25?,26-/m0/s1. The van der Waals surface area contributed by atoms with Gasteiger partial charge in [0.25, 0.3) is 0 Å². The SMILES string of the molecule is CC(=O)C(CC(C)C)N[C@@H](Cc1cncn1Cc1cccc(-c2ccccc2)c1C)C(=O)O. The molecule has 0 bridgehead atoms. The number of nitrogens with one attached hydrogen (secondary N) is 1. The number of nitrogens with zero attached hydrogens (tertiary/aromatic N) is 2. The van der Waals surface area contributed by atoms with Crippen LogP contribution in [-0.4, -0.2) is 38.5 Å². The molecule has 0 saturated heterocycles. The first kappa shape index (κ1) is 24.4. The van der Waals surface area contributed by atoms with E-state index in [9.17, 15) is 14.7 Å². The van der Waals surface area contributed by atoms with Crippen molar-refractivity contribution in [2.75, 3.05) is 0 Å². The molecule has 6 heteroatoms. The molecule has 2 atom stereocenters. The average molecular weight is 448 g/mol. The van der Waals surface area contributed by atoms with Crippen LogP contribution in [0.2, 0.25) is 0 Å². The van der Waals surface area contributed by atoms with Gasteiger partial charge >= 0.3 is 5.97 Å². The molecule has 33 heavy (non-hydrogen) atoms. The molecule has 0 saturated carbocycles. The summed E-state index contributed by atoms with van der Waals surface area (Å²) in [4.78, 5) is 28.3. The third kappa shape index (κ3) is 6.39. The molecule has 0 aliphatic carbocycles. The third-order valence-electron chi connectivity index (χ3n) is 5.98. The van der Waals surface area contributed by atoms with E-state index in [-0.39, 0.29) is 18.1 Å². The first-order chi connectivity index (χ1) is 15.8. The molecule has 2 N–H and O–H groups in total. The van der Waals surface area contributed by atoms with Crippen LogP contribution in [0.25, 0.3) is 11.1 Å². The summed E-state index contributed by atoms with van der Waals surface area (Å²) in [7, 11) is 0. The number of rotatable bonds is 11. The molecule has 3 aromatic rings. The van der Waals surface area contributed by atoms with E-state index in [1.807, 2.05) is 42.7 Å². The topological polar surface area (TPSA) is 84.2 Å². The van der Waals surface area contributed by atoms with Crippen LogP contribution >= 0.6 is 0 Å². The predicted octanol–water partition coefficient (Wildman–Crippen LogP) is 4.50. The van der Waals surface area contributed by atoms with Crippen molar-refractivity contribution in [1.29, 1.82) is 0 Å². The molecular formula is C27H33N3O3. The first-order valence-corrected chi connectivity index (χ1v) is 11.4. The smallest absolute Gasteiger partial charge is 0.321 e. The Hall–Kier alpha value is -3.25. The Kier molecular flexibility index (Phi) is 8.17. The van der Waals surface area contributed by atoms with Crippen LogP contribution in [-0.2, 0) is 22.6 Å². The predicted molar refractivity (Wildman–Crippen MR) is 130 cm³/mol. The fourth-order valence-electron chi connectivity index (χ4n) is 4.12. The number of carbonyl (C=O) groups excluding carboxylic acids is 1. The van der Waals surface area contributed by atoms with Gasteiger partial charge in [-0.15, -0.1) is 0 Å². The van der Waals surface area contributed by atoms with Gasteiger partial charge in [0, 0.05) is 24.9 Å². The van der Waals surface area contributed by atoms with E-state index >= 15 is 0 Å². The normalized spacial score (nSPS) is 13.1. The lowest BCUT2D eigenvalue weighted by Gasteiger charge is -2.23. The molecule has 3 rings (SSSR count). The van der Waals surface area contributed by atoms with Crippen LogP contribution in [0.4, 0.5) is 0 Å². The molecule has 0 amide bonds. The summed E-state index contributed by atoms with van der Waals surface area (Å²) in [6.07, 6.45) is 4.29. The van der Waals surface area contributed by atoms with Gasteiger partial charge in [-0.1, -0.05) is 62.4 Å². The quantitative estimate of drug-likeness (QED) is 0.452. The maximum absolute atomic E-state index is 12.1. The Morgan fingerprint density at radius 1 is 1.06 bits per heavy atom. The molecule has 0 radical (unpaired) electrons. The summed E-state index contributed by atoms with van der Waals surface area (Å²) < 4.78 is 1.99. The van der Waals surface area contributed by atoms with Gasteiger partial charge in [-0.25, -0.2) is 4.98 Å². The monoisotopic (exact) mass is 447 g/mol. The van der Waals surface area contributed by atoms with Crippen molar-refractivity contribution < 1.29 is 14.7 Å². The number of hydrogen-bond acceptors (Lipinski definition) is 4. The molecule has 1 aromatic heterocycles. The number of imidazole rings is 1. The lowest BCUT2D eigenvalue weighted by atomic mass is 9.96. The highest BCUT2D eigenvalue weighted by Crippen LogP contribution is 2.26. The maximum Gasteiger partial charge on any atom is 0.321 e. The number of carbonyl (C=O) groups is 2. The van der Waals surface area contributed by atoms with E-state index in [1.165, 1.54) is 23.6 Å². The number of aromatic nitrogens is 2. The Morgan fingerprint density at radius 3 is 2.42 bits per heavy atom. The summed E-state index contributed by atoms with van der Waals surface area (Å²) in [5.41, 5.74) is 5.49. The number of aliphatic carboxylic acids is 1. The van der Waals surface area contributed by atoms with E-state index in [0.717, 1.165) is 11.3 Å². The van der Waals surface area contributed by atoms with Gasteiger partial charge in [0.2, 0.25) is 0 Å². The van der Waals surface area contributed by atoms with Gasteiger partial charge in [0.05, 0.1) is 12.4 Å². The minimum Gasteiger partial charge on any atom is -0.480 e. The highest BCUT2D eigenvalue weighted by atomic mass is 16.4. The van der Waals surface area contributed by atoms with Crippen LogP contribution in [0.1, 0.15) is 44.0 Å². The van der Waals surface area contributed by atoms with Crippen LogP contribution in [0.15, 0.2) is 61.1 Å². The van der Waals surface area contributed by atoms with Gasteiger partial charge in [0.1, 0.15) is 11.8 Å². The largest absolute Gasteiger partial charge is 0.480 e. The summed E-state index contributed by atoms with van der Waals surface area (Å²) >= 11 is 0. The number of ketones is 1. The summed E-state index contributed by atoms with van der Waals surface area (Å²) in [5.74, 6) is -0.733. The minimum atomic E-state index is -0.972. The number of hydrogen-bond donors (Lipinski definition) is 2. The molecule has 174 valence electrons. The van der Waals surface area contributed by atoms with E-state index in [0.29, 0.717) is 13.0 Å². The number of carboxylic acid groups (broad SMARTS) is 1. The molecule has 2 aromatic carbocycles. The van der Waals surface area contributed by atoms with Gasteiger partial charge < -0.3 is 9.67 Å². The second-order valence-corrected chi connectivity index (χ2v) is 9.02.